The number of pyridine rings is 1. The van der Waals surface area contributed by atoms with Crippen LogP contribution in [-0.4, -0.2) is 20.3 Å². The second-order valence-electron chi connectivity index (χ2n) is 8.90. The monoisotopic (exact) mass is 414 g/mol. The molecule has 31 heavy (non-hydrogen) atoms. The molecule has 2 N–H and O–H groups in total. The van der Waals surface area contributed by atoms with Crippen LogP contribution in [0.2, 0.25) is 0 Å². The summed E-state index contributed by atoms with van der Waals surface area (Å²) < 4.78 is 3.38. The number of benzene rings is 2. The zero-order valence-corrected chi connectivity index (χ0v) is 18.2. The average molecular weight is 415 g/mol. The number of rotatable bonds is 4. The van der Waals surface area contributed by atoms with Crippen molar-refractivity contribution in [3.05, 3.63) is 81.6 Å². The van der Waals surface area contributed by atoms with E-state index in [0.29, 0.717) is 22.3 Å². The van der Waals surface area contributed by atoms with E-state index in [1.165, 1.54) is 11.6 Å². The van der Waals surface area contributed by atoms with Gasteiger partial charge in [-0.1, -0.05) is 45.0 Å². The van der Waals surface area contributed by atoms with Gasteiger partial charge in [-0.2, -0.15) is 5.26 Å². The highest BCUT2D eigenvalue weighted by Gasteiger charge is 2.19. The van der Waals surface area contributed by atoms with E-state index in [2.05, 4.69) is 32.2 Å². The van der Waals surface area contributed by atoms with Gasteiger partial charge in [-0.3, -0.25) is 9.20 Å². The SMILES string of the molecule is Cc1cc(=O)n2c3ccccc3n(C[C@H](O)Nc3ccc(C(C)(C)C)cc3)c2c1C#N. The molecule has 0 radical (unpaired) electrons. The standard InChI is InChI=1S/C25H26N4O2/c1-16-13-23(31)29-21-8-6-5-7-20(21)28(24(29)19(16)14-26)15-22(30)27-18-11-9-17(10-12-18)25(2,3)4/h5-13,22,27,30H,15H2,1-4H3/t22-/m0/s1. The number of nitrogens with zero attached hydrogens (tertiary/aromatic N) is 3. The number of aryl methyl sites for hydroxylation is 1. The van der Waals surface area contributed by atoms with Crippen LogP contribution in [0.1, 0.15) is 37.5 Å². The number of aliphatic hydroxyl groups excluding tert-OH is 1. The lowest BCUT2D eigenvalue weighted by Gasteiger charge is -2.20. The molecular formula is C25H26N4O2. The molecule has 6 nitrogen and oxygen atoms in total. The summed E-state index contributed by atoms with van der Waals surface area (Å²) in [6.45, 7) is 8.40. The summed E-state index contributed by atoms with van der Waals surface area (Å²) in [5, 5.41) is 23.7. The lowest BCUT2D eigenvalue weighted by Crippen LogP contribution is -2.25. The predicted octanol–water partition coefficient (Wildman–Crippen LogP) is 4.16. The number of imidazole rings is 1. The first-order valence-corrected chi connectivity index (χ1v) is 10.3. The van der Waals surface area contributed by atoms with Crippen molar-refractivity contribution in [3.63, 3.8) is 0 Å². The summed E-state index contributed by atoms with van der Waals surface area (Å²) in [4.78, 5) is 12.7. The molecule has 4 aromatic rings. The molecule has 0 unspecified atom stereocenters. The Kier molecular flexibility index (Phi) is 5.08. The van der Waals surface area contributed by atoms with Crippen LogP contribution < -0.4 is 10.9 Å². The largest absolute Gasteiger partial charge is 0.372 e. The van der Waals surface area contributed by atoms with E-state index in [9.17, 15) is 15.2 Å². The van der Waals surface area contributed by atoms with Crippen molar-refractivity contribution in [1.29, 1.82) is 5.26 Å². The van der Waals surface area contributed by atoms with Gasteiger partial charge in [0.1, 0.15) is 17.9 Å². The molecule has 158 valence electrons. The molecular weight excluding hydrogens is 388 g/mol. The van der Waals surface area contributed by atoms with Gasteiger partial charge in [0.15, 0.2) is 0 Å². The Balaban J connectivity index is 1.75. The van der Waals surface area contributed by atoms with E-state index in [1.807, 2.05) is 53.1 Å². The van der Waals surface area contributed by atoms with Crippen LogP contribution in [0, 0.1) is 18.3 Å². The first-order valence-electron chi connectivity index (χ1n) is 10.3. The Morgan fingerprint density at radius 3 is 2.35 bits per heavy atom. The van der Waals surface area contributed by atoms with E-state index >= 15 is 0 Å². The van der Waals surface area contributed by atoms with Gasteiger partial charge in [0.2, 0.25) is 0 Å². The van der Waals surface area contributed by atoms with Gasteiger partial charge in [0.25, 0.3) is 5.56 Å². The number of aliphatic hydroxyl groups is 1. The number of fused-ring (bicyclic) bond motifs is 3. The number of hydrogen-bond donors (Lipinski definition) is 2. The molecule has 0 saturated heterocycles. The van der Waals surface area contributed by atoms with Crippen LogP contribution >= 0.6 is 0 Å². The number of nitriles is 1. The topological polar surface area (TPSA) is 82.5 Å². The van der Waals surface area contributed by atoms with Crippen LogP contribution in [0.25, 0.3) is 16.7 Å². The third-order valence-electron chi connectivity index (χ3n) is 5.61. The second kappa shape index (κ2) is 7.60. The highest BCUT2D eigenvalue weighted by molar-refractivity contribution is 5.84. The molecule has 0 aliphatic rings. The zero-order chi connectivity index (χ0) is 22.3. The maximum absolute atomic E-state index is 12.7. The van der Waals surface area contributed by atoms with Crippen LogP contribution in [-0.2, 0) is 12.0 Å². The molecule has 0 bridgehead atoms. The van der Waals surface area contributed by atoms with Gasteiger partial charge in [-0.15, -0.1) is 0 Å². The molecule has 0 spiro atoms. The number of aromatic nitrogens is 2. The number of para-hydroxylation sites is 2. The molecule has 4 rings (SSSR count). The van der Waals surface area contributed by atoms with E-state index < -0.39 is 6.23 Å². The van der Waals surface area contributed by atoms with Gasteiger partial charge in [0, 0.05) is 11.8 Å². The molecule has 0 fully saturated rings. The zero-order valence-electron chi connectivity index (χ0n) is 18.2. The highest BCUT2D eigenvalue weighted by atomic mass is 16.3. The molecule has 6 heteroatoms. The first kappa shape index (κ1) is 20.7. The molecule has 1 atom stereocenters. The van der Waals surface area contributed by atoms with Gasteiger partial charge in [0.05, 0.1) is 23.1 Å². The Morgan fingerprint density at radius 1 is 1.10 bits per heavy atom. The third kappa shape index (κ3) is 3.69. The predicted molar refractivity (Wildman–Crippen MR) is 123 cm³/mol. The van der Waals surface area contributed by atoms with Gasteiger partial charge in [-0.05, 0) is 47.7 Å². The van der Waals surface area contributed by atoms with Crippen LogP contribution in [0.15, 0.2) is 59.4 Å². The molecule has 0 saturated carbocycles. The maximum Gasteiger partial charge on any atom is 0.257 e. The molecule has 2 heterocycles. The lowest BCUT2D eigenvalue weighted by atomic mass is 9.87. The molecule has 0 aliphatic heterocycles. The first-order chi connectivity index (χ1) is 14.7. The van der Waals surface area contributed by atoms with Crippen molar-refractivity contribution in [2.24, 2.45) is 0 Å². The molecule has 0 aliphatic carbocycles. The van der Waals surface area contributed by atoms with Gasteiger partial charge >= 0.3 is 0 Å². The third-order valence-corrected chi connectivity index (χ3v) is 5.61. The van der Waals surface area contributed by atoms with Crippen molar-refractivity contribution in [3.8, 4) is 6.07 Å². The number of nitrogens with one attached hydrogen (secondary N) is 1. The van der Waals surface area contributed by atoms with Crippen molar-refractivity contribution in [2.75, 3.05) is 5.32 Å². The van der Waals surface area contributed by atoms with E-state index in [0.717, 1.165) is 11.2 Å². The van der Waals surface area contributed by atoms with Gasteiger partial charge < -0.3 is 15.0 Å². The lowest BCUT2D eigenvalue weighted by molar-refractivity contribution is 0.185. The Bertz CT molecular complexity index is 1370. The van der Waals surface area contributed by atoms with E-state index in [-0.39, 0.29) is 17.5 Å². The van der Waals surface area contributed by atoms with Crippen LogP contribution in [0.4, 0.5) is 5.69 Å². The summed E-state index contributed by atoms with van der Waals surface area (Å²) in [6.07, 6.45) is -0.915. The highest BCUT2D eigenvalue weighted by Crippen LogP contribution is 2.25. The smallest absolute Gasteiger partial charge is 0.257 e. The van der Waals surface area contributed by atoms with Gasteiger partial charge in [-0.25, -0.2) is 0 Å². The maximum atomic E-state index is 12.7. The Labute approximate surface area is 181 Å². The molecule has 2 aromatic heterocycles. The summed E-state index contributed by atoms with van der Waals surface area (Å²) in [7, 11) is 0. The van der Waals surface area contributed by atoms with Crippen molar-refractivity contribution in [1.82, 2.24) is 8.97 Å². The van der Waals surface area contributed by atoms with Crippen molar-refractivity contribution in [2.45, 2.75) is 45.9 Å². The summed E-state index contributed by atoms with van der Waals surface area (Å²) in [5.74, 6) is 0. The number of anilines is 1. The normalized spacial score (nSPS) is 12.8. The molecule has 0 amide bonds. The van der Waals surface area contributed by atoms with E-state index in [1.54, 1.807) is 11.3 Å². The van der Waals surface area contributed by atoms with Crippen LogP contribution in [0.5, 0.6) is 0 Å². The Morgan fingerprint density at radius 2 is 1.74 bits per heavy atom. The quantitative estimate of drug-likeness (QED) is 0.491. The summed E-state index contributed by atoms with van der Waals surface area (Å²) in [6, 6.07) is 19.2. The Hall–Kier alpha value is -3.56. The molecule has 2 aromatic carbocycles. The van der Waals surface area contributed by atoms with E-state index in [4.69, 9.17) is 0 Å². The summed E-state index contributed by atoms with van der Waals surface area (Å²) in [5.41, 5.74) is 4.91. The van der Waals surface area contributed by atoms with Crippen LogP contribution in [0.3, 0.4) is 0 Å². The second-order valence-corrected chi connectivity index (χ2v) is 8.90. The minimum atomic E-state index is -0.915. The minimum absolute atomic E-state index is 0.0545. The minimum Gasteiger partial charge on any atom is -0.372 e. The number of hydrogen-bond acceptors (Lipinski definition) is 4. The fourth-order valence-corrected chi connectivity index (χ4v) is 4.00. The fraction of sp³-hybridized carbons (Fsp3) is 0.280. The fourth-order valence-electron chi connectivity index (χ4n) is 4.00. The average Bonchev–Trinajstić information content (AvgIpc) is 3.03. The van der Waals surface area contributed by atoms with Crippen molar-refractivity contribution >= 4 is 22.4 Å². The summed E-state index contributed by atoms with van der Waals surface area (Å²) >= 11 is 0. The van der Waals surface area contributed by atoms with Crippen molar-refractivity contribution < 1.29 is 5.11 Å².